The summed E-state index contributed by atoms with van der Waals surface area (Å²) in [6.07, 6.45) is -2.86. The number of aromatic nitrogens is 3. The van der Waals surface area contributed by atoms with Crippen molar-refractivity contribution >= 4 is 23.5 Å². The summed E-state index contributed by atoms with van der Waals surface area (Å²) >= 11 is 0. The van der Waals surface area contributed by atoms with Crippen molar-refractivity contribution in [2.45, 2.75) is 43.7 Å². The van der Waals surface area contributed by atoms with Gasteiger partial charge in [0.25, 0.3) is 5.92 Å². The summed E-state index contributed by atoms with van der Waals surface area (Å²) in [5.74, 6) is -3.46. The van der Waals surface area contributed by atoms with Crippen LogP contribution in [0.4, 0.5) is 39.5 Å². The summed E-state index contributed by atoms with van der Waals surface area (Å²) in [5.41, 5.74) is -0.434. The van der Waals surface area contributed by atoms with Crippen molar-refractivity contribution in [3.63, 3.8) is 0 Å². The third kappa shape index (κ3) is 5.93. The van der Waals surface area contributed by atoms with E-state index in [1.54, 1.807) is 4.90 Å². The minimum Gasteiger partial charge on any atom is -0.341 e. The maximum atomic E-state index is 13.9. The first-order valence-electron chi connectivity index (χ1n) is 11.0. The highest BCUT2D eigenvalue weighted by atomic mass is 19.4. The molecule has 2 fully saturated rings. The van der Waals surface area contributed by atoms with Gasteiger partial charge in [-0.05, 0) is 25.0 Å². The monoisotopic (exact) mass is 495 g/mol. The van der Waals surface area contributed by atoms with Crippen LogP contribution in [0.2, 0.25) is 0 Å². The number of nitrogens with one attached hydrogen (secondary N) is 1. The van der Waals surface area contributed by atoms with Crippen molar-refractivity contribution in [2.75, 3.05) is 36.4 Å². The molecule has 1 N–H and O–H groups in total. The number of likely N-dealkylation sites (tertiary alicyclic amines) is 1. The van der Waals surface area contributed by atoms with Crippen molar-refractivity contribution in [1.82, 2.24) is 19.9 Å². The van der Waals surface area contributed by atoms with Crippen molar-refractivity contribution in [1.29, 1.82) is 5.26 Å². The fourth-order valence-corrected chi connectivity index (χ4v) is 4.20. The summed E-state index contributed by atoms with van der Waals surface area (Å²) in [5, 5.41) is 11.6. The van der Waals surface area contributed by atoms with Crippen LogP contribution in [0.1, 0.15) is 42.9 Å². The van der Waals surface area contributed by atoms with E-state index in [1.807, 2.05) is 6.07 Å². The van der Waals surface area contributed by atoms with E-state index in [-0.39, 0.29) is 55.3 Å². The number of amides is 1. The van der Waals surface area contributed by atoms with Crippen LogP contribution < -0.4 is 10.2 Å². The lowest BCUT2D eigenvalue weighted by Crippen LogP contribution is -2.39. The molecule has 186 valence electrons. The second-order valence-electron chi connectivity index (χ2n) is 8.57. The third-order valence-corrected chi connectivity index (χ3v) is 5.95. The zero-order valence-electron chi connectivity index (χ0n) is 18.5. The zero-order valence-corrected chi connectivity index (χ0v) is 18.5. The Morgan fingerprint density at radius 1 is 1.23 bits per heavy atom. The molecule has 1 amide bonds. The van der Waals surface area contributed by atoms with E-state index in [0.29, 0.717) is 25.1 Å². The molecule has 13 heteroatoms. The van der Waals surface area contributed by atoms with Crippen LogP contribution in [0.3, 0.4) is 0 Å². The van der Waals surface area contributed by atoms with E-state index in [0.717, 1.165) is 18.3 Å². The molecular formula is C22H22F5N7O. The number of piperidine rings is 1. The first-order valence-corrected chi connectivity index (χ1v) is 11.0. The Morgan fingerprint density at radius 2 is 2.03 bits per heavy atom. The van der Waals surface area contributed by atoms with E-state index in [2.05, 4.69) is 20.3 Å². The summed E-state index contributed by atoms with van der Waals surface area (Å²) in [6.45, 7) is 0.227. The zero-order chi connectivity index (χ0) is 25.2. The van der Waals surface area contributed by atoms with Gasteiger partial charge >= 0.3 is 6.18 Å². The summed E-state index contributed by atoms with van der Waals surface area (Å²) in [6, 6.07) is 5.03. The second-order valence-corrected chi connectivity index (χ2v) is 8.57. The Bertz CT molecular complexity index is 1130. The largest absolute Gasteiger partial charge is 0.416 e. The number of nitrogens with zero attached hydrogens (tertiary/aromatic N) is 6. The molecule has 2 aliphatic heterocycles. The molecule has 0 saturated carbocycles. The molecule has 0 aliphatic carbocycles. The molecule has 1 atom stereocenters. The molecule has 0 spiro atoms. The molecule has 0 bridgehead atoms. The first-order chi connectivity index (χ1) is 16.5. The van der Waals surface area contributed by atoms with Crippen LogP contribution >= 0.6 is 0 Å². The van der Waals surface area contributed by atoms with Crippen LogP contribution in [0, 0.1) is 11.3 Å². The Kier molecular flexibility index (Phi) is 6.73. The van der Waals surface area contributed by atoms with Gasteiger partial charge in [0.05, 0.1) is 23.9 Å². The van der Waals surface area contributed by atoms with Crippen molar-refractivity contribution in [3.05, 3.63) is 35.7 Å². The van der Waals surface area contributed by atoms with Gasteiger partial charge in [-0.25, -0.2) is 18.7 Å². The number of halogens is 5. The molecule has 2 aromatic heterocycles. The fourth-order valence-electron chi connectivity index (χ4n) is 4.20. The maximum absolute atomic E-state index is 13.9. The number of carbonyl (C=O) groups excluding carboxylic acids is 1. The number of nitriles is 1. The highest BCUT2D eigenvalue weighted by Crippen LogP contribution is 2.34. The Hall–Kier alpha value is -3.56. The number of alkyl halides is 5. The summed E-state index contributed by atoms with van der Waals surface area (Å²) in [7, 11) is 0. The topological polar surface area (TPSA) is 98.0 Å². The maximum Gasteiger partial charge on any atom is 0.416 e. The Balaban J connectivity index is 1.65. The average Bonchev–Trinajstić information content (AvgIpc) is 3.18. The summed E-state index contributed by atoms with van der Waals surface area (Å²) in [4.78, 5) is 27.8. The number of carbonyl (C=O) groups is 1. The van der Waals surface area contributed by atoms with Crippen molar-refractivity contribution < 1.29 is 26.7 Å². The standard InChI is InChI=1S/C22H22F5N7O/c23-21(24)5-9-34(13-21)20-30-16(14-2-1-8-33(12-14)19(35)3-6-28)11-18(32-20)31-17-10-15(4-7-29-17)22(25,26)27/h4,7,10-11,14H,1-3,5,8-9,12-13H2,(H,29,30,31,32). The Morgan fingerprint density at radius 3 is 2.71 bits per heavy atom. The normalized spacial score (nSPS) is 19.9. The molecule has 1 unspecified atom stereocenters. The molecule has 35 heavy (non-hydrogen) atoms. The van der Waals surface area contributed by atoms with E-state index in [4.69, 9.17) is 5.26 Å². The molecule has 4 rings (SSSR count). The quantitative estimate of drug-likeness (QED) is 0.624. The van der Waals surface area contributed by atoms with Gasteiger partial charge in [-0.1, -0.05) is 0 Å². The SMILES string of the molecule is N#CCC(=O)N1CCCC(c2cc(Nc3cc(C(F)(F)F)ccn3)nc(N3CCC(F)(F)C3)n2)C1. The first kappa shape index (κ1) is 24.6. The van der Waals surface area contributed by atoms with Gasteiger partial charge in [0.15, 0.2) is 0 Å². The van der Waals surface area contributed by atoms with Gasteiger partial charge in [0.1, 0.15) is 18.1 Å². The lowest BCUT2D eigenvalue weighted by Gasteiger charge is -2.32. The van der Waals surface area contributed by atoms with E-state index in [9.17, 15) is 26.7 Å². The smallest absolute Gasteiger partial charge is 0.341 e. The average molecular weight is 495 g/mol. The van der Waals surface area contributed by atoms with Crippen LogP contribution in [0.25, 0.3) is 0 Å². The van der Waals surface area contributed by atoms with Crippen LogP contribution in [0.5, 0.6) is 0 Å². The number of anilines is 3. The van der Waals surface area contributed by atoms with Gasteiger partial charge < -0.3 is 15.1 Å². The van der Waals surface area contributed by atoms with Gasteiger partial charge in [0.2, 0.25) is 11.9 Å². The molecule has 4 heterocycles. The van der Waals surface area contributed by atoms with E-state index >= 15 is 0 Å². The highest BCUT2D eigenvalue weighted by Gasteiger charge is 2.40. The van der Waals surface area contributed by atoms with Gasteiger partial charge in [-0.3, -0.25) is 4.79 Å². The van der Waals surface area contributed by atoms with E-state index in [1.165, 1.54) is 11.0 Å². The number of hydrogen-bond acceptors (Lipinski definition) is 7. The van der Waals surface area contributed by atoms with Crippen LogP contribution in [-0.4, -0.2) is 57.9 Å². The van der Waals surface area contributed by atoms with Gasteiger partial charge in [-0.15, -0.1) is 0 Å². The predicted octanol–water partition coefficient (Wildman–Crippen LogP) is 4.10. The molecular weight excluding hydrogens is 473 g/mol. The second kappa shape index (κ2) is 9.59. The lowest BCUT2D eigenvalue weighted by molar-refractivity contribution is -0.137. The molecule has 8 nitrogen and oxygen atoms in total. The van der Waals surface area contributed by atoms with Crippen LogP contribution in [-0.2, 0) is 11.0 Å². The molecule has 2 saturated heterocycles. The molecule has 0 aromatic carbocycles. The van der Waals surface area contributed by atoms with Gasteiger partial charge in [-0.2, -0.15) is 23.4 Å². The van der Waals surface area contributed by atoms with Crippen molar-refractivity contribution in [3.8, 4) is 6.07 Å². The molecule has 2 aliphatic rings. The molecule has 0 radical (unpaired) electrons. The van der Waals surface area contributed by atoms with E-state index < -0.39 is 24.2 Å². The van der Waals surface area contributed by atoms with Crippen molar-refractivity contribution in [2.24, 2.45) is 0 Å². The Labute approximate surface area is 197 Å². The number of hydrogen-bond donors (Lipinski definition) is 1. The fraction of sp³-hybridized carbons (Fsp3) is 0.500. The summed E-state index contributed by atoms with van der Waals surface area (Å²) < 4.78 is 67.0. The number of pyridine rings is 1. The lowest BCUT2D eigenvalue weighted by atomic mass is 9.94. The minimum atomic E-state index is -4.57. The van der Waals surface area contributed by atoms with Crippen LogP contribution in [0.15, 0.2) is 24.4 Å². The predicted molar refractivity (Wildman–Crippen MR) is 115 cm³/mol. The highest BCUT2D eigenvalue weighted by molar-refractivity contribution is 5.78. The third-order valence-electron chi connectivity index (χ3n) is 5.95. The number of rotatable bonds is 5. The molecule has 2 aromatic rings. The minimum absolute atomic E-state index is 0.0228. The van der Waals surface area contributed by atoms with Gasteiger partial charge in [0, 0.05) is 44.2 Å².